The minimum Gasteiger partial charge on any atom is -0.339 e. The van der Waals surface area contributed by atoms with E-state index in [9.17, 15) is 4.79 Å². The highest BCUT2D eigenvalue weighted by molar-refractivity contribution is 14.1. The van der Waals surface area contributed by atoms with Crippen LogP contribution in [0.3, 0.4) is 0 Å². The molecule has 1 amide bonds. The van der Waals surface area contributed by atoms with Gasteiger partial charge in [0.2, 0.25) is 0 Å². The highest BCUT2D eigenvalue weighted by Crippen LogP contribution is 2.21. The van der Waals surface area contributed by atoms with Gasteiger partial charge in [0, 0.05) is 19.3 Å². The number of carbonyl (C=O) groups excluding carboxylic acids is 1. The first-order valence-corrected chi connectivity index (χ1v) is 10.3. The van der Waals surface area contributed by atoms with E-state index >= 15 is 0 Å². The van der Waals surface area contributed by atoms with Crippen molar-refractivity contribution in [1.29, 1.82) is 0 Å². The minimum absolute atomic E-state index is 0.110. The second kappa shape index (κ2) is 8.65. The van der Waals surface area contributed by atoms with Gasteiger partial charge in [-0.15, -0.1) is 0 Å². The molecular formula is C18H25BrIN3O. The fourth-order valence-corrected chi connectivity index (χ4v) is 3.32. The van der Waals surface area contributed by atoms with Crippen molar-refractivity contribution in [1.82, 2.24) is 14.3 Å². The molecule has 0 spiro atoms. The molecule has 0 unspecified atom stereocenters. The zero-order valence-corrected chi connectivity index (χ0v) is 18.5. The quantitative estimate of drug-likeness (QED) is 0.483. The molecule has 0 saturated heterocycles. The summed E-state index contributed by atoms with van der Waals surface area (Å²) in [4.78, 5) is 19.4. The number of aromatic nitrogens is 2. The van der Waals surface area contributed by atoms with Crippen molar-refractivity contribution in [3.63, 3.8) is 0 Å². The van der Waals surface area contributed by atoms with Gasteiger partial charge in [-0.25, -0.2) is 4.98 Å². The van der Waals surface area contributed by atoms with Crippen molar-refractivity contribution in [2.45, 2.75) is 40.5 Å². The number of hydrogen-bond donors (Lipinski definition) is 0. The lowest BCUT2D eigenvalue weighted by Gasteiger charge is -2.24. The third kappa shape index (κ3) is 4.94. The van der Waals surface area contributed by atoms with Crippen LogP contribution < -0.4 is 0 Å². The molecule has 2 rings (SSSR count). The molecule has 0 aromatic carbocycles. The molecule has 0 aliphatic heterocycles. The highest BCUT2D eigenvalue weighted by atomic mass is 127. The van der Waals surface area contributed by atoms with Gasteiger partial charge in [0.15, 0.2) is 0 Å². The molecule has 0 atom stereocenters. The fourth-order valence-electron chi connectivity index (χ4n) is 2.44. The van der Waals surface area contributed by atoms with Gasteiger partial charge in [0.25, 0.3) is 5.91 Å². The summed E-state index contributed by atoms with van der Waals surface area (Å²) in [7, 11) is 0. The Labute approximate surface area is 166 Å². The minimum atomic E-state index is 0.110. The molecule has 0 aliphatic rings. The zero-order chi connectivity index (χ0) is 17.9. The van der Waals surface area contributed by atoms with Crippen LogP contribution in [0.4, 0.5) is 0 Å². The number of imidazole rings is 1. The Morgan fingerprint density at radius 3 is 2.33 bits per heavy atom. The Balaban J connectivity index is 2.24. The smallest absolute Gasteiger partial charge is 0.255 e. The lowest BCUT2D eigenvalue weighted by molar-refractivity contribution is 0.0740. The first kappa shape index (κ1) is 19.7. The Bertz CT molecular complexity index is 700. The number of fused-ring (bicyclic) bond motifs is 1. The van der Waals surface area contributed by atoms with Crippen LogP contribution in [0.15, 0.2) is 22.9 Å². The van der Waals surface area contributed by atoms with Crippen LogP contribution in [0.1, 0.15) is 50.9 Å². The molecule has 0 aliphatic carbocycles. The molecule has 2 heterocycles. The molecule has 0 saturated carbocycles. The van der Waals surface area contributed by atoms with Crippen LogP contribution in [-0.2, 0) is 0 Å². The maximum Gasteiger partial charge on any atom is 0.255 e. The largest absolute Gasteiger partial charge is 0.339 e. The topological polar surface area (TPSA) is 37.6 Å². The van der Waals surface area contributed by atoms with Gasteiger partial charge in [-0.2, -0.15) is 0 Å². The Morgan fingerprint density at radius 2 is 1.79 bits per heavy atom. The first-order chi connectivity index (χ1) is 11.3. The summed E-state index contributed by atoms with van der Waals surface area (Å²) in [6.07, 6.45) is 3.95. The standard InChI is InChI=1S/C18H25BrIN3O/c1-12(2)7-9-22(10-8-13(3)4)18(24)14-5-6-15-21-16(19)17(20)23(15)11-14/h5-6,11-13H,7-10H2,1-4H3. The van der Waals surface area contributed by atoms with Crippen molar-refractivity contribution in [3.8, 4) is 0 Å². The molecule has 2 aromatic heterocycles. The van der Waals surface area contributed by atoms with Crippen molar-refractivity contribution in [3.05, 3.63) is 32.2 Å². The van der Waals surface area contributed by atoms with Gasteiger partial charge in [0.05, 0.1) is 5.56 Å². The number of halogens is 2. The average molecular weight is 506 g/mol. The van der Waals surface area contributed by atoms with E-state index in [0.717, 1.165) is 45.4 Å². The lowest BCUT2D eigenvalue weighted by Crippen LogP contribution is -2.34. The monoisotopic (exact) mass is 505 g/mol. The van der Waals surface area contributed by atoms with Crippen LogP contribution in [0.25, 0.3) is 5.65 Å². The molecule has 4 nitrogen and oxygen atoms in total. The first-order valence-electron chi connectivity index (χ1n) is 8.42. The van der Waals surface area contributed by atoms with E-state index in [-0.39, 0.29) is 5.91 Å². The molecule has 6 heteroatoms. The Hall–Kier alpha value is -0.630. The van der Waals surface area contributed by atoms with E-state index in [1.807, 2.05) is 27.6 Å². The van der Waals surface area contributed by atoms with Crippen LogP contribution in [-0.4, -0.2) is 33.3 Å². The highest BCUT2D eigenvalue weighted by Gasteiger charge is 2.18. The maximum absolute atomic E-state index is 13.0. The second-order valence-electron chi connectivity index (χ2n) is 7.00. The number of pyridine rings is 1. The van der Waals surface area contributed by atoms with Gasteiger partial charge in [-0.1, -0.05) is 27.7 Å². The predicted octanol–water partition coefficient (Wildman–Crippen LogP) is 5.24. The number of amides is 1. The van der Waals surface area contributed by atoms with Crippen LogP contribution >= 0.6 is 38.5 Å². The fraction of sp³-hybridized carbons (Fsp3) is 0.556. The van der Waals surface area contributed by atoms with Crippen molar-refractivity contribution in [2.75, 3.05) is 13.1 Å². The molecule has 0 fully saturated rings. The van der Waals surface area contributed by atoms with E-state index in [2.05, 4.69) is 71.2 Å². The number of nitrogens with zero attached hydrogens (tertiary/aromatic N) is 3. The lowest BCUT2D eigenvalue weighted by atomic mass is 10.1. The van der Waals surface area contributed by atoms with Crippen LogP contribution in [0.2, 0.25) is 0 Å². The van der Waals surface area contributed by atoms with Gasteiger partial charge in [0.1, 0.15) is 14.0 Å². The van der Waals surface area contributed by atoms with Crippen molar-refractivity contribution in [2.24, 2.45) is 11.8 Å². The van der Waals surface area contributed by atoms with Crippen molar-refractivity contribution < 1.29 is 4.79 Å². The number of carbonyl (C=O) groups is 1. The third-order valence-corrected chi connectivity index (χ3v) is 6.33. The molecule has 24 heavy (non-hydrogen) atoms. The van der Waals surface area contributed by atoms with E-state index in [1.165, 1.54) is 0 Å². The van der Waals surface area contributed by atoms with Gasteiger partial charge in [-0.3, -0.25) is 9.20 Å². The number of rotatable bonds is 7. The van der Waals surface area contributed by atoms with Crippen LogP contribution in [0.5, 0.6) is 0 Å². The number of hydrogen-bond acceptors (Lipinski definition) is 2. The summed E-state index contributed by atoms with van der Waals surface area (Å²) < 4.78 is 3.75. The molecular weight excluding hydrogens is 481 g/mol. The molecule has 0 bridgehead atoms. The summed E-state index contributed by atoms with van der Waals surface area (Å²) in [6, 6.07) is 3.79. The predicted molar refractivity (Wildman–Crippen MR) is 110 cm³/mol. The summed E-state index contributed by atoms with van der Waals surface area (Å²) >= 11 is 5.68. The average Bonchev–Trinajstić information content (AvgIpc) is 2.80. The van der Waals surface area contributed by atoms with Gasteiger partial charge < -0.3 is 4.90 Å². The van der Waals surface area contributed by atoms with E-state index < -0.39 is 0 Å². The molecule has 132 valence electrons. The van der Waals surface area contributed by atoms with Crippen LogP contribution in [0, 0.1) is 15.5 Å². The van der Waals surface area contributed by atoms with E-state index in [4.69, 9.17) is 0 Å². The summed E-state index contributed by atoms with van der Waals surface area (Å²) in [6.45, 7) is 10.4. The Morgan fingerprint density at radius 1 is 1.21 bits per heavy atom. The van der Waals surface area contributed by atoms with Crippen molar-refractivity contribution >= 4 is 50.1 Å². The van der Waals surface area contributed by atoms with E-state index in [0.29, 0.717) is 11.8 Å². The maximum atomic E-state index is 13.0. The normalized spacial score (nSPS) is 11.7. The van der Waals surface area contributed by atoms with Gasteiger partial charge >= 0.3 is 0 Å². The zero-order valence-electron chi connectivity index (χ0n) is 14.7. The second-order valence-corrected chi connectivity index (χ2v) is 8.77. The van der Waals surface area contributed by atoms with Gasteiger partial charge in [-0.05, 0) is 75.3 Å². The Kier molecular flexibility index (Phi) is 7.10. The molecule has 0 radical (unpaired) electrons. The summed E-state index contributed by atoms with van der Waals surface area (Å²) in [5.74, 6) is 1.29. The molecule has 2 aromatic rings. The SMILES string of the molecule is CC(C)CCN(CCC(C)C)C(=O)c1ccc2nc(Br)c(I)n2c1. The third-order valence-electron chi connectivity index (χ3n) is 4.01. The molecule has 0 N–H and O–H groups in total. The van der Waals surface area contributed by atoms with E-state index in [1.54, 1.807) is 0 Å². The summed E-state index contributed by atoms with van der Waals surface area (Å²) in [5.41, 5.74) is 1.57. The summed E-state index contributed by atoms with van der Waals surface area (Å²) in [5, 5.41) is 0.